The summed E-state index contributed by atoms with van der Waals surface area (Å²) in [6, 6.07) is 18.4. The minimum absolute atomic E-state index is 0.229. The highest BCUT2D eigenvalue weighted by atomic mass is 32.1. The van der Waals surface area contributed by atoms with Gasteiger partial charge >= 0.3 is 0 Å². The molecule has 154 valence electrons. The van der Waals surface area contributed by atoms with E-state index < -0.39 is 0 Å². The van der Waals surface area contributed by atoms with E-state index in [2.05, 4.69) is 15.0 Å². The number of aromatic nitrogens is 1. The summed E-state index contributed by atoms with van der Waals surface area (Å²) in [7, 11) is 0. The first kappa shape index (κ1) is 19.4. The third-order valence-corrected chi connectivity index (χ3v) is 6.40. The fourth-order valence-electron chi connectivity index (χ4n) is 4.06. The van der Waals surface area contributed by atoms with E-state index in [9.17, 15) is 14.7 Å². The summed E-state index contributed by atoms with van der Waals surface area (Å²) in [5, 5.41) is 16.5. The zero-order valence-corrected chi connectivity index (χ0v) is 17.5. The molecule has 7 heteroatoms. The molecule has 31 heavy (non-hydrogen) atoms. The molecule has 0 radical (unpaired) electrons. The first-order valence-corrected chi connectivity index (χ1v) is 10.6. The summed E-state index contributed by atoms with van der Waals surface area (Å²) in [5.41, 5.74) is 4.54. The molecule has 3 N–H and O–H groups in total. The van der Waals surface area contributed by atoms with Crippen LogP contribution in [-0.4, -0.2) is 21.3 Å². The van der Waals surface area contributed by atoms with Crippen molar-refractivity contribution in [2.45, 2.75) is 19.6 Å². The minimum atomic E-state index is -0.390. The van der Waals surface area contributed by atoms with Gasteiger partial charge in [-0.3, -0.25) is 9.59 Å². The molecule has 0 spiro atoms. The van der Waals surface area contributed by atoms with E-state index in [0.717, 1.165) is 21.2 Å². The maximum atomic E-state index is 13.1. The van der Waals surface area contributed by atoms with Crippen LogP contribution in [0.1, 0.15) is 49.1 Å². The fraction of sp³-hybridized carbons (Fsp3) is 0.125. The molecule has 2 amide bonds. The van der Waals surface area contributed by atoms with Crippen LogP contribution in [0.4, 0.5) is 5.69 Å². The molecule has 1 aliphatic rings. The number of carbonyl (C=O) groups excluding carboxylic acids is 2. The average Bonchev–Trinajstić information content (AvgIpc) is 3.35. The highest BCUT2D eigenvalue weighted by Gasteiger charge is 2.34. The van der Waals surface area contributed by atoms with Crippen LogP contribution in [0.25, 0.3) is 10.1 Å². The fourth-order valence-corrected chi connectivity index (χ4v) is 4.84. The van der Waals surface area contributed by atoms with Crippen molar-refractivity contribution in [1.82, 2.24) is 9.69 Å². The SMILES string of the molecule is Cc1ccccc1[C@H]1NC(=O)c2cc(CO)cc(NC(=O)c3nsc4ccccc34)c21. The number of carbonyl (C=O) groups is 2. The molecule has 5 rings (SSSR count). The second-order valence-electron chi connectivity index (χ2n) is 7.51. The van der Waals surface area contributed by atoms with Crippen molar-refractivity contribution in [2.75, 3.05) is 5.32 Å². The van der Waals surface area contributed by atoms with Crippen LogP contribution in [0.3, 0.4) is 0 Å². The van der Waals surface area contributed by atoms with E-state index in [1.165, 1.54) is 11.5 Å². The first-order chi connectivity index (χ1) is 15.1. The van der Waals surface area contributed by atoms with Crippen LogP contribution in [-0.2, 0) is 6.61 Å². The molecular weight excluding hydrogens is 410 g/mol. The zero-order valence-electron chi connectivity index (χ0n) is 16.7. The van der Waals surface area contributed by atoms with E-state index in [4.69, 9.17) is 0 Å². The highest BCUT2D eigenvalue weighted by Crippen LogP contribution is 2.39. The van der Waals surface area contributed by atoms with Gasteiger partial charge < -0.3 is 15.7 Å². The summed E-state index contributed by atoms with van der Waals surface area (Å²) in [5.74, 6) is -0.578. The van der Waals surface area contributed by atoms with Gasteiger partial charge in [0.25, 0.3) is 11.8 Å². The smallest absolute Gasteiger partial charge is 0.276 e. The number of nitrogens with zero attached hydrogens (tertiary/aromatic N) is 1. The molecule has 1 aromatic heterocycles. The van der Waals surface area contributed by atoms with Gasteiger partial charge in [0.15, 0.2) is 0 Å². The quantitative estimate of drug-likeness (QED) is 0.454. The number of rotatable bonds is 4. The summed E-state index contributed by atoms with van der Waals surface area (Å²) in [6.45, 7) is 1.75. The molecule has 1 atom stereocenters. The van der Waals surface area contributed by atoms with E-state index in [1.54, 1.807) is 12.1 Å². The lowest BCUT2D eigenvalue weighted by Gasteiger charge is -2.19. The van der Waals surface area contributed by atoms with Crippen LogP contribution in [0.5, 0.6) is 0 Å². The topological polar surface area (TPSA) is 91.3 Å². The molecule has 0 fully saturated rings. The molecule has 1 aliphatic heterocycles. The van der Waals surface area contributed by atoms with Crippen LogP contribution in [0.15, 0.2) is 60.7 Å². The molecule has 0 saturated carbocycles. The molecule has 0 aliphatic carbocycles. The third kappa shape index (κ3) is 3.28. The number of hydrogen-bond donors (Lipinski definition) is 3. The Morgan fingerprint density at radius 1 is 1.16 bits per heavy atom. The van der Waals surface area contributed by atoms with Gasteiger partial charge in [0.2, 0.25) is 0 Å². The summed E-state index contributed by atoms with van der Waals surface area (Å²) >= 11 is 1.27. The van der Waals surface area contributed by atoms with Crippen molar-refractivity contribution >= 4 is 39.1 Å². The monoisotopic (exact) mass is 429 g/mol. The zero-order chi connectivity index (χ0) is 21.5. The molecule has 6 nitrogen and oxygen atoms in total. The van der Waals surface area contributed by atoms with Crippen LogP contribution < -0.4 is 10.6 Å². The molecule has 3 aromatic carbocycles. The Morgan fingerprint density at radius 3 is 2.74 bits per heavy atom. The highest BCUT2D eigenvalue weighted by molar-refractivity contribution is 7.13. The second-order valence-corrected chi connectivity index (χ2v) is 8.31. The minimum Gasteiger partial charge on any atom is -0.392 e. The molecule has 4 aromatic rings. The number of hydrogen-bond acceptors (Lipinski definition) is 5. The van der Waals surface area contributed by atoms with Crippen molar-refractivity contribution in [3.8, 4) is 0 Å². The molecule has 0 bridgehead atoms. The maximum absolute atomic E-state index is 13.1. The van der Waals surface area contributed by atoms with Crippen molar-refractivity contribution < 1.29 is 14.7 Å². The molecular formula is C24H19N3O3S. The van der Waals surface area contributed by atoms with E-state index >= 15 is 0 Å². The standard InChI is InChI=1S/C24H19N3O3S/c1-13-6-2-3-7-15(13)21-20-17(23(29)26-21)10-14(12-28)11-18(20)25-24(30)22-16-8-4-5-9-19(16)31-27-22/h2-11,21,28H,12H2,1H3,(H,25,30)(H,26,29)/t21-/m1/s1. The van der Waals surface area contributed by atoms with Crippen molar-refractivity contribution in [1.29, 1.82) is 0 Å². The first-order valence-electron chi connectivity index (χ1n) is 9.86. The average molecular weight is 430 g/mol. The lowest BCUT2D eigenvalue weighted by atomic mass is 9.92. The van der Waals surface area contributed by atoms with Gasteiger partial charge in [-0.2, -0.15) is 4.37 Å². The molecule has 0 saturated heterocycles. The number of benzene rings is 3. The second kappa shape index (κ2) is 7.61. The number of amides is 2. The summed E-state index contributed by atoms with van der Waals surface area (Å²) < 4.78 is 5.26. The predicted molar refractivity (Wildman–Crippen MR) is 120 cm³/mol. The lowest BCUT2D eigenvalue weighted by molar-refractivity contribution is 0.0959. The summed E-state index contributed by atoms with van der Waals surface area (Å²) in [4.78, 5) is 25.9. The maximum Gasteiger partial charge on any atom is 0.276 e. The molecule has 0 unspecified atom stereocenters. The molecule has 2 heterocycles. The van der Waals surface area contributed by atoms with Crippen molar-refractivity contribution in [3.63, 3.8) is 0 Å². The predicted octanol–water partition coefficient (Wildman–Crippen LogP) is 4.18. The van der Waals surface area contributed by atoms with Gasteiger partial charge in [0, 0.05) is 22.2 Å². The van der Waals surface area contributed by atoms with Crippen molar-refractivity contribution in [3.05, 3.63) is 94.2 Å². The van der Waals surface area contributed by atoms with Gasteiger partial charge in [0.1, 0.15) is 5.69 Å². The van der Waals surface area contributed by atoms with Gasteiger partial charge in [0.05, 0.1) is 17.3 Å². The number of aliphatic hydroxyl groups excluding tert-OH is 1. The van der Waals surface area contributed by atoms with E-state index in [0.29, 0.717) is 28.1 Å². The van der Waals surface area contributed by atoms with Crippen LogP contribution >= 0.6 is 11.5 Å². The summed E-state index contributed by atoms with van der Waals surface area (Å²) in [6.07, 6.45) is 0. The number of aliphatic hydroxyl groups is 1. The van der Waals surface area contributed by atoms with E-state index in [-0.39, 0.29) is 24.5 Å². The Balaban J connectivity index is 1.61. The van der Waals surface area contributed by atoms with Gasteiger partial charge in [-0.25, -0.2) is 0 Å². The number of aryl methyl sites for hydroxylation is 1. The Morgan fingerprint density at radius 2 is 1.94 bits per heavy atom. The number of fused-ring (bicyclic) bond motifs is 2. The Hall–Kier alpha value is -3.55. The lowest BCUT2D eigenvalue weighted by Crippen LogP contribution is -2.21. The Kier molecular flexibility index (Phi) is 4.77. The van der Waals surface area contributed by atoms with E-state index in [1.807, 2.05) is 55.5 Å². The largest absolute Gasteiger partial charge is 0.392 e. The number of anilines is 1. The van der Waals surface area contributed by atoms with Gasteiger partial charge in [-0.15, -0.1) is 0 Å². The van der Waals surface area contributed by atoms with Crippen LogP contribution in [0.2, 0.25) is 0 Å². The third-order valence-electron chi connectivity index (χ3n) is 5.57. The Bertz CT molecular complexity index is 1350. The van der Waals surface area contributed by atoms with Crippen LogP contribution in [0, 0.1) is 6.92 Å². The van der Waals surface area contributed by atoms with Crippen molar-refractivity contribution in [2.24, 2.45) is 0 Å². The van der Waals surface area contributed by atoms with Gasteiger partial charge in [-0.05, 0) is 53.3 Å². The van der Waals surface area contributed by atoms with Gasteiger partial charge in [-0.1, -0.05) is 42.5 Å². The number of nitrogens with one attached hydrogen (secondary N) is 2. The normalized spacial score (nSPS) is 15.0. The Labute approximate surface area is 182 Å².